The SMILES string of the molecule is COc1ncc(-c2ccc3ncc(-c4nnc(-c5ccccc5C(=O)NCCOCCOCC(=O)N[C@H](C(=O)N5C[C@@H](O)C[C@@H]5C(=O)NCc5ccc(-c6scnc6C)cc5)C(C)(C)C)o4)n3c2)cc1NS(=O)(=O)c1ccc(F)cc1F. The quantitative estimate of drug-likeness (QED) is 0.0472. The van der Waals surface area contributed by atoms with E-state index >= 15 is 0 Å². The normalized spacial score (nSPS) is 14.9. The van der Waals surface area contributed by atoms with E-state index in [1.165, 1.54) is 30.5 Å². The molecule has 26 heteroatoms. The number of β-amino-alcohol motifs (C(OH)–C–C–N with tert-alkyl or cyclic N) is 1. The Morgan fingerprint density at radius 1 is 0.878 bits per heavy atom. The molecule has 0 saturated carbocycles. The number of nitrogens with zero attached hydrogens (tertiary/aromatic N) is 7. The number of sulfonamides is 1. The van der Waals surface area contributed by atoms with Gasteiger partial charge in [0.25, 0.3) is 21.8 Å². The minimum absolute atomic E-state index is 0.0204. The summed E-state index contributed by atoms with van der Waals surface area (Å²) in [5.74, 6) is -4.16. The van der Waals surface area contributed by atoms with Crippen LogP contribution in [0.3, 0.4) is 0 Å². The summed E-state index contributed by atoms with van der Waals surface area (Å²) in [5, 5.41) is 27.6. The number of carbonyl (C=O) groups is 4. The van der Waals surface area contributed by atoms with Crippen LogP contribution in [0.4, 0.5) is 14.5 Å². The maximum atomic E-state index is 14.5. The molecule has 9 rings (SSSR count). The van der Waals surface area contributed by atoms with Crippen molar-refractivity contribution in [3.63, 3.8) is 0 Å². The van der Waals surface area contributed by atoms with Crippen molar-refractivity contribution in [3.05, 3.63) is 137 Å². The highest BCUT2D eigenvalue weighted by atomic mass is 32.2. The number of aliphatic hydroxyl groups is 1. The molecule has 82 heavy (non-hydrogen) atoms. The number of thiazole rings is 1. The standard InChI is InChI=1S/C56H57F2N11O11S2/c1-32-48(81-31-63-32)34-12-10-33(11-13-34)25-61-51(73)43-24-38(70)29-69(43)55(74)49(56(2,3)4)64-47(71)30-79-21-20-78-19-18-59-50(72)39-8-6-7-9-40(39)52-65-66-54(80-52)44-27-60-46-17-14-35(28-68(44)46)36-22-42(53(77-5)62-26-36)67-82(75,76)45-16-15-37(57)23-41(45)58/h6-17,22-23,26-28,31,38,43,49,67,70H,18-21,24-25,29-30H2,1-5H3,(H,59,72)(H,61,73)(H,64,71)/t38-,43+,49+/m0/s1. The maximum Gasteiger partial charge on any atom is 0.266 e. The van der Waals surface area contributed by atoms with Crippen molar-refractivity contribution < 1.29 is 60.1 Å². The van der Waals surface area contributed by atoms with Crippen LogP contribution in [0.2, 0.25) is 0 Å². The molecule has 3 aromatic carbocycles. The number of amides is 4. The van der Waals surface area contributed by atoms with Crippen molar-refractivity contribution in [2.24, 2.45) is 5.41 Å². The van der Waals surface area contributed by atoms with Gasteiger partial charge in [-0.1, -0.05) is 57.2 Å². The van der Waals surface area contributed by atoms with E-state index in [4.69, 9.17) is 18.6 Å². The van der Waals surface area contributed by atoms with Gasteiger partial charge in [-0.05, 0) is 65.9 Å². The maximum absolute atomic E-state index is 14.5. The van der Waals surface area contributed by atoms with Crippen LogP contribution >= 0.6 is 11.3 Å². The van der Waals surface area contributed by atoms with E-state index in [1.54, 1.807) is 84.6 Å². The third-order valence-corrected chi connectivity index (χ3v) is 15.6. The van der Waals surface area contributed by atoms with E-state index in [2.05, 4.69) is 45.8 Å². The van der Waals surface area contributed by atoms with E-state index in [-0.39, 0.29) is 81.4 Å². The molecule has 5 aromatic heterocycles. The van der Waals surface area contributed by atoms with Gasteiger partial charge in [-0.2, -0.15) is 0 Å². The van der Waals surface area contributed by atoms with Gasteiger partial charge < -0.3 is 44.6 Å². The van der Waals surface area contributed by atoms with Crippen LogP contribution in [0.1, 0.15) is 48.8 Å². The van der Waals surface area contributed by atoms with E-state index in [1.807, 2.05) is 31.2 Å². The van der Waals surface area contributed by atoms with Crippen molar-refractivity contribution in [3.8, 4) is 50.5 Å². The highest BCUT2D eigenvalue weighted by Gasteiger charge is 2.44. The summed E-state index contributed by atoms with van der Waals surface area (Å²) in [5.41, 5.74) is 6.13. The van der Waals surface area contributed by atoms with Crippen molar-refractivity contribution in [1.82, 2.24) is 50.4 Å². The second-order valence-corrected chi connectivity index (χ2v) is 22.6. The summed E-state index contributed by atoms with van der Waals surface area (Å²) in [6.45, 7) is 7.38. The molecule has 0 spiro atoms. The molecular formula is C56H57F2N11O11S2. The zero-order valence-electron chi connectivity index (χ0n) is 45.0. The zero-order valence-corrected chi connectivity index (χ0v) is 46.6. The van der Waals surface area contributed by atoms with Crippen molar-refractivity contribution in [2.45, 2.75) is 63.7 Å². The second-order valence-electron chi connectivity index (χ2n) is 20.1. The number of rotatable bonds is 22. The first kappa shape index (κ1) is 58.1. The fraction of sp³-hybridized carbons (Fsp3) is 0.304. The van der Waals surface area contributed by atoms with Crippen molar-refractivity contribution in [2.75, 3.05) is 51.3 Å². The highest BCUT2D eigenvalue weighted by Crippen LogP contribution is 2.34. The van der Waals surface area contributed by atoms with Gasteiger partial charge in [-0.3, -0.25) is 28.3 Å². The van der Waals surface area contributed by atoms with Crippen LogP contribution in [0.15, 0.2) is 118 Å². The molecule has 1 aliphatic heterocycles. The lowest BCUT2D eigenvalue weighted by molar-refractivity contribution is -0.144. The van der Waals surface area contributed by atoms with E-state index in [0.29, 0.717) is 34.1 Å². The molecule has 428 valence electrons. The monoisotopic (exact) mass is 1160 g/mol. The number of benzene rings is 3. The van der Waals surface area contributed by atoms with Crippen LogP contribution in [-0.2, 0) is 40.4 Å². The Morgan fingerprint density at radius 2 is 1.63 bits per heavy atom. The van der Waals surface area contributed by atoms with E-state index in [0.717, 1.165) is 33.8 Å². The first-order chi connectivity index (χ1) is 39.3. The van der Waals surface area contributed by atoms with Gasteiger partial charge in [0.2, 0.25) is 29.5 Å². The largest absolute Gasteiger partial charge is 0.480 e. The molecule has 1 aliphatic rings. The molecule has 0 aliphatic carbocycles. The highest BCUT2D eigenvalue weighted by molar-refractivity contribution is 7.92. The second kappa shape index (κ2) is 25.1. The molecule has 5 N–H and O–H groups in total. The van der Waals surface area contributed by atoms with Crippen LogP contribution < -0.4 is 25.4 Å². The molecule has 0 bridgehead atoms. The number of ether oxygens (including phenoxy) is 3. The number of hydrogen-bond acceptors (Lipinski definition) is 17. The first-order valence-corrected chi connectivity index (χ1v) is 28.1. The number of fused-ring (bicyclic) bond motifs is 1. The Morgan fingerprint density at radius 3 is 2.38 bits per heavy atom. The lowest BCUT2D eigenvalue weighted by Crippen LogP contribution is -2.58. The molecule has 4 amide bonds. The van der Waals surface area contributed by atoms with E-state index in [9.17, 15) is 41.5 Å². The molecule has 6 heterocycles. The zero-order chi connectivity index (χ0) is 58.3. The molecule has 3 atom stereocenters. The van der Waals surface area contributed by atoms with Gasteiger partial charge in [0.15, 0.2) is 0 Å². The molecule has 0 radical (unpaired) electrons. The summed E-state index contributed by atoms with van der Waals surface area (Å²) in [6.07, 6.45) is 3.76. The van der Waals surface area contributed by atoms with Crippen LogP contribution in [0, 0.1) is 24.0 Å². The smallest absolute Gasteiger partial charge is 0.266 e. The van der Waals surface area contributed by atoms with Crippen LogP contribution in [0.5, 0.6) is 5.88 Å². The van der Waals surface area contributed by atoms with Crippen LogP contribution in [0.25, 0.3) is 50.3 Å². The fourth-order valence-corrected chi connectivity index (χ4v) is 11.0. The van der Waals surface area contributed by atoms with Gasteiger partial charge in [0, 0.05) is 55.6 Å². The summed E-state index contributed by atoms with van der Waals surface area (Å²) >= 11 is 1.55. The summed E-state index contributed by atoms with van der Waals surface area (Å²) < 4.78 is 80.9. The van der Waals surface area contributed by atoms with Gasteiger partial charge >= 0.3 is 0 Å². The Bertz CT molecular complexity index is 3760. The number of anilines is 1. The molecule has 1 fully saturated rings. The Balaban J connectivity index is 0.740. The van der Waals surface area contributed by atoms with Crippen LogP contribution in [-0.4, -0.2) is 136 Å². The molecule has 0 unspecified atom stereocenters. The minimum atomic E-state index is -4.54. The topological polar surface area (TPSA) is 284 Å². The van der Waals surface area contributed by atoms with Gasteiger partial charge in [-0.15, -0.1) is 21.5 Å². The molecule has 8 aromatic rings. The number of carbonyl (C=O) groups excluding carboxylic acids is 4. The Labute approximate surface area is 473 Å². The summed E-state index contributed by atoms with van der Waals surface area (Å²) in [7, 11) is -3.26. The number of hydrogen-bond donors (Lipinski definition) is 5. The van der Waals surface area contributed by atoms with Crippen molar-refractivity contribution >= 4 is 56.3 Å². The van der Waals surface area contributed by atoms with Gasteiger partial charge in [0.1, 0.15) is 52.2 Å². The number of aryl methyl sites for hydroxylation is 1. The average molecular weight is 1160 g/mol. The number of aromatic nitrogens is 6. The summed E-state index contributed by atoms with van der Waals surface area (Å²) in [4.78, 5) is 68.8. The molecular weight excluding hydrogens is 1100 g/mol. The number of nitrogens with one attached hydrogen (secondary N) is 4. The fourth-order valence-electron chi connectivity index (χ4n) is 9.05. The van der Waals surface area contributed by atoms with Gasteiger partial charge in [0.05, 0.1) is 66.4 Å². The predicted octanol–water partition coefficient (Wildman–Crippen LogP) is 6.20. The Hall–Kier alpha value is -8.56. The van der Waals surface area contributed by atoms with Gasteiger partial charge in [-0.25, -0.2) is 32.2 Å². The molecule has 22 nitrogen and oxygen atoms in total. The number of pyridine rings is 2. The number of methoxy groups -OCH3 is 1. The number of imidazole rings is 1. The third-order valence-electron chi connectivity index (χ3n) is 13.2. The first-order valence-electron chi connectivity index (χ1n) is 25.7. The number of halogens is 2. The lowest BCUT2D eigenvalue weighted by Gasteiger charge is -2.35. The number of likely N-dealkylation sites (tertiary alicyclic amines) is 1. The van der Waals surface area contributed by atoms with E-state index < -0.39 is 73.8 Å². The summed E-state index contributed by atoms with van der Waals surface area (Å²) in [6, 6.07) is 19.4. The molecule has 1 saturated heterocycles. The number of aliphatic hydroxyl groups excluding tert-OH is 1. The predicted molar refractivity (Wildman–Crippen MR) is 296 cm³/mol. The lowest BCUT2D eigenvalue weighted by atomic mass is 9.85. The Kier molecular flexibility index (Phi) is 17.8. The van der Waals surface area contributed by atoms with Crippen molar-refractivity contribution in [1.29, 1.82) is 0 Å². The average Bonchev–Trinajstić information content (AvgIpc) is 4.43. The third kappa shape index (κ3) is 13.4. The minimum Gasteiger partial charge on any atom is -0.480 e.